The summed E-state index contributed by atoms with van der Waals surface area (Å²) in [5.41, 5.74) is 0.0493. The number of ether oxygens (including phenoxy) is 2. The number of carbonyl (C=O) groups is 3. The Labute approximate surface area is 208 Å². The largest absolute Gasteiger partial charge is 0.497 e. The molecule has 4 aromatic carbocycles. The van der Waals surface area contributed by atoms with Gasteiger partial charge in [0, 0.05) is 5.56 Å². The second-order valence-electron chi connectivity index (χ2n) is 8.48. The number of fused-ring (bicyclic) bond motifs is 1. The maximum Gasteiger partial charge on any atom is 0.325 e. The van der Waals surface area contributed by atoms with Crippen molar-refractivity contribution in [2.45, 2.75) is 5.54 Å². The van der Waals surface area contributed by atoms with Gasteiger partial charge in [-0.3, -0.25) is 14.5 Å². The normalized spacial score (nSPS) is 14.6. The van der Waals surface area contributed by atoms with Crippen LogP contribution in [0.2, 0.25) is 0 Å². The smallest absolute Gasteiger partial charge is 0.325 e. The van der Waals surface area contributed by atoms with Crippen LogP contribution in [0.1, 0.15) is 21.5 Å². The molecule has 7 heteroatoms. The van der Waals surface area contributed by atoms with Crippen LogP contribution in [-0.2, 0) is 10.3 Å². The van der Waals surface area contributed by atoms with Crippen molar-refractivity contribution >= 4 is 28.5 Å². The number of nitrogens with zero attached hydrogens (tertiary/aromatic N) is 1. The van der Waals surface area contributed by atoms with Gasteiger partial charge in [0.15, 0.2) is 11.3 Å². The van der Waals surface area contributed by atoms with E-state index in [1.165, 1.54) is 0 Å². The molecule has 0 bridgehead atoms. The van der Waals surface area contributed by atoms with Crippen LogP contribution < -0.4 is 14.8 Å². The van der Waals surface area contributed by atoms with E-state index in [0.29, 0.717) is 28.2 Å². The Hall–Kier alpha value is -4.65. The Morgan fingerprint density at radius 2 is 1.33 bits per heavy atom. The first-order valence-electron chi connectivity index (χ1n) is 11.4. The van der Waals surface area contributed by atoms with Gasteiger partial charge in [0.2, 0.25) is 0 Å². The van der Waals surface area contributed by atoms with Crippen molar-refractivity contribution in [1.29, 1.82) is 0 Å². The number of nitrogens with one attached hydrogen (secondary N) is 1. The average molecular weight is 481 g/mol. The lowest BCUT2D eigenvalue weighted by Crippen LogP contribution is -2.45. The van der Waals surface area contributed by atoms with Crippen LogP contribution in [0, 0.1) is 0 Å². The molecule has 0 aromatic heterocycles. The predicted octanol–water partition coefficient (Wildman–Crippen LogP) is 4.54. The van der Waals surface area contributed by atoms with E-state index in [1.807, 2.05) is 30.3 Å². The average Bonchev–Trinajstić information content (AvgIpc) is 3.18. The van der Waals surface area contributed by atoms with Gasteiger partial charge in [0.1, 0.15) is 11.5 Å². The number of hydrogen-bond acceptors (Lipinski definition) is 5. The van der Waals surface area contributed by atoms with Gasteiger partial charge in [-0.15, -0.1) is 0 Å². The molecule has 1 aliphatic rings. The topological polar surface area (TPSA) is 84.9 Å². The van der Waals surface area contributed by atoms with Crippen LogP contribution in [0.3, 0.4) is 0 Å². The zero-order valence-electron chi connectivity index (χ0n) is 19.9. The number of amides is 3. The van der Waals surface area contributed by atoms with Crippen molar-refractivity contribution in [2.75, 3.05) is 20.8 Å². The quantitative estimate of drug-likeness (QED) is 0.310. The molecule has 1 saturated heterocycles. The van der Waals surface area contributed by atoms with Crippen LogP contribution in [0.25, 0.3) is 10.8 Å². The van der Waals surface area contributed by atoms with Crippen molar-refractivity contribution in [2.24, 2.45) is 0 Å². The Morgan fingerprint density at radius 1 is 0.778 bits per heavy atom. The molecule has 7 nitrogen and oxygen atoms in total. The molecule has 1 N–H and O–H groups in total. The number of methoxy groups -OCH3 is 2. The number of hydrogen-bond donors (Lipinski definition) is 1. The third kappa shape index (κ3) is 3.75. The summed E-state index contributed by atoms with van der Waals surface area (Å²) in [5, 5.41) is 4.55. The first kappa shape index (κ1) is 23.1. The Balaban J connectivity index is 1.55. The molecular weight excluding hydrogens is 456 g/mol. The molecule has 180 valence electrons. The van der Waals surface area contributed by atoms with Crippen LogP contribution in [0.4, 0.5) is 4.79 Å². The first-order chi connectivity index (χ1) is 17.5. The maximum absolute atomic E-state index is 14.0. The molecule has 1 fully saturated rings. The molecule has 0 saturated carbocycles. The van der Waals surface area contributed by atoms with Crippen LogP contribution >= 0.6 is 0 Å². The number of imide groups is 1. The highest BCUT2D eigenvalue weighted by molar-refractivity contribution is 6.15. The summed E-state index contributed by atoms with van der Waals surface area (Å²) in [7, 11) is 3.11. The molecule has 0 aliphatic carbocycles. The maximum atomic E-state index is 14.0. The third-order valence-corrected chi connectivity index (χ3v) is 6.54. The molecule has 36 heavy (non-hydrogen) atoms. The summed E-state index contributed by atoms with van der Waals surface area (Å²) in [6.07, 6.45) is 0. The highest BCUT2D eigenvalue weighted by Crippen LogP contribution is 2.37. The summed E-state index contributed by atoms with van der Waals surface area (Å²) < 4.78 is 10.5. The van der Waals surface area contributed by atoms with Gasteiger partial charge in [-0.25, -0.2) is 4.79 Å². The number of Topliss-reactive ketones (excluding diaryl/α,β-unsaturated/α-hetero) is 1. The van der Waals surface area contributed by atoms with Gasteiger partial charge >= 0.3 is 6.03 Å². The molecule has 4 aromatic rings. The van der Waals surface area contributed by atoms with E-state index in [1.54, 1.807) is 74.9 Å². The monoisotopic (exact) mass is 480 g/mol. The third-order valence-electron chi connectivity index (χ3n) is 6.54. The van der Waals surface area contributed by atoms with E-state index in [2.05, 4.69) is 5.32 Å². The standard InChI is InChI=1S/C29H24N2O5/c1-35-22-14-10-20(11-15-22)29(21-12-16-23(36-2)17-13-21)27(33)31(28(34)30-29)18-26(32)25-9-5-7-19-6-3-4-8-24(19)25/h3-17H,18H2,1-2H3,(H,30,34). The summed E-state index contributed by atoms with van der Waals surface area (Å²) in [5.74, 6) is 0.374. The van der Waals surface area contributed by atoms with Crippen molar-refractivity contribution < 1.29 is 23.9 Å². The van der Waals surface area contributed by atoms with E-state index in [-0.39, 0.29) is 12.3 Å². The van der Waals surface area contributed by atoms with Crippen LogP contribution in [-0.4, -0.2) is 43.4 Å². The Bertz CT molecular complexity index is 1410. The number of ketones is 1. The fourth-order valence-corrected chi connectivity index (χ4v) is 4.66. The van der Waals surface area contributed by atoms with E-state index < -0.39 is 17.5 Å². The Kier molecular flexibility index (Phi) is 5.90. The van der Waals surface area contributed by atoms with E-state index in [4.69, 9.17) is 9.47 Å². The highest BCUT2D eigenvalue weighted by atomic mass is 16.5. The van der Waals surface area contributed by atoms with E-state index in [0.717, 1.165) is 15.7 Å². The molecule has 0 spiro atoms. The van der Waals surface area contributed by atoms with E-state index in [9.17, 15) is 14.4 Å². The van der Waals surface area contributed by atoms with Gasteiger partial charge in [-0.05, 0) is 46.2 Å². The minimum absolute atomic E-state index is 0.324. The SMILES string of the molecule is COc1ccc(C2(c3ccc(OC)cc3)NC(=O)N(CC(=O)c3cccc4ccccc34)C2=O)cc1. The highest BCUT2D eigenvalue weighted by Gasteiger charge is 2.54. The fourth-order valence-electron chi connectivity index (χ4n) is 4.66. The van der Waals surface area contributed by atoms with Crippen LogP contribution in [0.5, 0.6) is 11.5 Å². The molecule has 0 atom stereocenters. The lowest BCUT2D eigenvalue weighted by molar-refractivity contribution is -0.129. The molecule has 0 radical (unpaired) electrons. The van der Waals surface area contributed by atoms with Gasteiger partial charge in [-0.2, -0.15) is 0 Å². The van der Waals surface area contributed by atoms with Gasteiger partial charge in [-0.1, -0.05) is 66.7 Å². The zero-order chi connectivity index (χ0) is 25.3. The second kappa shape index (κ2) is 9.19. The first-order valence-corrected chi connectivity index (χ1v) is 11.4. The van der Waals surface area contributed by atoms with Crippen molar-refractivity contribution in [3.8, 4) is 11.5 Å². The van der Waals surface area contributed by atoms with Crippen molar-refractivity contribution in [3.05, 3.63) is 108 Å². The van der Waals surface area contributed by atoms with Gasteiger partial charge in [0.05, 0.1) is 20.8 Å². The molecule has 3 amide bonds. The second-order valence-corrected chi connectivity index (χ2v) is 8.48. The lowest BCUT2D eigenvalue weighted by atomic mass is 9.82. The number of carbonyl (C=O) groups excluding carboxylic acids is 3. The summed E-state index contributed by atoms with van der Waals surface area (Å²) in [4.78, 5) is 41.6. The van der Waals surface area contributed by atoms with E-state index >= 15 is 0 Å². The van der Waals surface area contributed by atoms with Gasteiger partial charge < -0.3 is 14.8 Å². The number of urea groups is 1. The minimum atomic E-state index is -1.51. The predicted molar refractivity (Wildman–Crippen MR) is 135 cm³/mol. The summed E-state index contributed by atoms with van der Waals surface area (Å²) >= 11 is 0. The van der Waals surface area contributed by atoms with Gasteiger partial charge in [0.25, 0.3) is 5.91 Å². The molecular formula is C29H24N2O5. The molecule has 1 heterocycles. The molecule has 5 rings (SSSR count). The number of rotatable bonds is 7. The van der Waals surface area contributed by atoms with Crippen molar-refractivity contribution in [3.63, 3.8) is 0 Å². The lowest BCUT2D eigenvalue weighted by Gasteiger charge is -2.28. The fraction of sp³-hybridized carbons (Fsp3) is 0.138. The number of benzene rings is 4. The summed E-state index contributed by atoms with van der Waals surface area (Å²) in [6, 6.07) is 26.1. The molecule has 1 aliphatic heterocycles. The summed E-state index contributed by atoms with van der Waals surface area (Å²) in [6.45, 7) is -0.382. The van der Waals surface area contributed by atoms with Crippen molar-refractivity contribution in [1.82, 2.24) is 10.2 Å². The molecule has 0 unspecified atom stereocenters. The Morgan fingerprint density at radius 3 is 1.92 bits per heavy atom. The zero-order valence-corrected chi connectivity index (χ0v) is 19.9. The van der Waals surface area contributed by atoms with Crippen LogP contribution in [0.15, 0.2) is 91.0 Å². The minimum Gasteiger partial charge on any atom is -0.497 e.